The Hall–Kier alpha value is -0.121. The average molecular weight is 445 g/mol. The molecule has 0 amide bonds. The van der Waals surface area contributed by atoms with Gasteiger partial charge in [0, 0.05) is 0 Å². The summed E-state index contributed by atoms with van der Waals surface area (Å²) >= 11 is -0.684. The molecule has 0 spiro atoms. The van der Waals surface area contributed by atoms with E-state index in [2.05, 4.69) is 0 Å². The maximum atomic E-state index is 12.9. The molecule has 0 bridgehead atoms. The van der Waals surface area contributed by atoms with E-state index in [1.807, 2.05) is 12.1 Å². The van der Waals surface area contributed by atoms with E-state index in [0.717, 1.165) is 7.22 Å². The quantitative estimate of drug-likeness (QED) is 0.624. The van der Waals surface area contributed by atoms with Crippen molar-refractivity contribution in [2.75, 3.05) is 0 Å². The Morgan fingerprint density at radius 3 is 1.50 bits per heavy atom. The molecular weight excluding hydrogens is 437 g/mol. The average Bonchev–Trinajstić information content (AvgIpc) is 2.27. The van der Waals surface area contributed by atoms with Gasteiger partial charge in [-0.3, -0.25) is 0 Å². The van der Waals surface area contributed by atoms with E-state index in [1.165, 1.54) is 12.1 Å². The van der Waals surface area contributed by atoms with Gasteiger partial charge in [-0.05, 0) is 0 Å². The molecule has 0 unspecified atom stereocenters. The van der Waals surface area contributed by atoms with Gasteiger partial charge < -0.3 is 0 Å². The van der Waals surface area contributed by atoms with Gasteiger partial charge in [-0.2, -0.15) is 0 Å². The molecule has 0 aliphatic heterocycles. The van der Waals surface area contributed by atoms with Gasteiger partial charge >= 0.3 is 110 Å². The van der Waals surface area contributed by atoms with Crippen LogP contribution in [0.25, 0.3) is 0 Å². The molecule has 2 aromatic carbocycles. The number of halogens is 2. The summed E-state index contributed by atoms with van der Waals surface area (Å²) in [4.78, 5) is 0. The van der Waals surface area contributed by atoms with Gasteiger partial charge in [0.05, 0.1) is 0 Å². The van der Waals surface area contributed by atoms with Crippen LogP contribution in [0.3, 0.4) is 0 Å². The molecule has 82 valence electrons. The molecule has 0 N–H and O–H groups in total. The molecule has 0 aliphatic rings. The Bertz CT molecular complexity index is 440. The van der Waals surface area contributed by atoms with E-state index < -0.39 is 0 Å². The van der Waals surface area contributed by atoms with Crippen LogP contribution in [-0.4, -0.2) is 34.1 Å². The molecule has 2 rings (SSSR count). The van der Waals surface area contributed by atoms with Crippen molar-refractivity contribution < 1.29 is 8.78 Å². The minimum atomic E-state index is -0.342. The number of rotatable bonds is 3. The predicted molar refractivity (Wildman–Crippen MR) is 63.6 cm³/mol. The third-order valence-electron chi connectivity index (χ3n) is 1.83. The fourth-order valence-electron chi connectivity index (χ4n) is 1.13. The standard InChI is InChI=1S/C12H8F2Te2/c13-9-3-1-5-11(7-9)15-16-12-6-2-4-10(14)8-12/h1-8H. The van der Waals surface area contributed by atoms with Crippen LogP contribution in [0.15, 0.2) is 48.5 Å². The molecule has 16 heavy (non-hydrogen) atoms. The van der Waals surface area contributed by atoms with Gasteiger partial charge in [0.2, 0.25) is 0 Å². The topological polar surface area (TPSA) is 0 Å². The van der Waals surface area contributed by atoms with Crippen molar-refractivity contribution in [3.05, 3.63) is 60.2 Å². The first-order valence-electron chi connectivity index (χ1n) is 4.60. The zero-order chi connectivity index (χ0) is 11.4. The van der Waals surface area contributed by atoms with Crippen LogP contribution >= 0.6 is 0 Å². The van der Waals surface area contributed by atoms with E-state index in [9.17, 15) is 8.78 Å². The summed E-state index contributed by atoms with van der Waals surface area (Å²) < 4.78 is 28.1. The molecule has 0 aromatic heterocycles. The summed E-state index contributed by atoms with van der Waals surface area (Å²) in [7, 11) is 0. The second-order valence-electron chi connectivity index (χ2n) is 3.08. The zero-order valence-corrected chi connectivity index (χ0v) is 12.9. The van der Waals surface area contributed by atoms with Crippen molar-refractivity contribution >= 4 is 41.3 Å². The maximum absolute atomic E-state index is 12.9. The molecule has 0 atom stereocenters. The summed E-state index contributed by atoms with van der Waals surface area (Å²) in [6.45, 7) is 0. The SMILES string of the molecule is Fc1cccc([Te][Te]c2cccc(F)c2)c1. The number of hydrogen-bond donors (Lipinski definition) is 0. The summed E-state index contributed by atoms with van der Waals surface area (Å²) in [5.41, 5.74) is 0. The summed E-state index contributed by atoms with van der Waals surface area (Å²) in [6, 6.07) is 13.5. The van der Waals surface area contributed by atoms with Gasteiger partial charge in [-0.15, -0.1) is 0 Å². The molecule has 0 fully saturated rings. The van der Waals surface area contributed by atoms with Crippen LogP contribution in [0.1, 0.15) is 0 Å². The first-order chi connectivity index (χ1) is 7.74. The predicted octanol–water partition coefficient (Wildman–Crippen LogP) is 1.24. The van der Waals surface area contributed by atoms with Crippen LogP contribution < -0.4 is 7.22 Å². The zero-order valence-electron chi connectivity index (χ0n) is 8.19. The first-order valence-corrected chi connectivity index (χ1v) is 14.3. The third-order valence-corrected chi connectivity index (χ3v) is 13.6. The van der Waals surface area contributed by atoms with Crippen LogP contribution in [0.4, 0.5) is 8.78 Å². The normalized spacial score (nSPS) is 10.4. The fraction of sp³-hybridized carbons (Fsp3) is 0. The van der Waals surface area contributed by atoms with Crippen molar-refractivity contribution in [2.45, 2.75) is 0 Å². The molecule has 0 nitrogen and oxygen atoms in total. The van der Waals surface area contributed by atoms with Crippen LogP contribution in [0, 0.1) is 11.6 Å². The van der Waals surface area contributed by atoms with Gasteiger partial charge in [-0.25, -0.2) is 0 Å². The monoisotopic (exact) mass is 450 g/mol. The van der Waals surface area contributed by atoms with Crippen molar-refractivity contribution in [1.82, 2.24) is 0 Å². The second-order valence-corrected chi connectivity index (χ2v) is 13.1. The Kier molecular flexibility index (Phi) is 4.62. The van der Waals surface area contributed by atoms with E-state index in [0.29, 0.717) is 0 Å². The Morgan fingerprint density at radius 2 is 1.12 bits per heavy atom. The number of benzene rings is 2. The summed E-state index contributed by atoms with van der Waals surface area (Å²) in [5, 5.41) is 0. The minimum absolute atomic E-state index is 0.172. The van der Waals surface area contributed by atoms with Gasteiger partial charge in [0.1, 0.15) is 0 Å². The van der Waals surface area contributed by atoms with E-state index in [1.54, 1.807) is 24.3 Å². The molecular formula is C12H8F2Te2. The van der Waals surface area contributed by atoms with Crippen molar-refractivity contribution in [3.8, 4) is 0 Å². The second kappa shape index (κ2) is 5.99. The summed E-state index contributed by atoms with van der Waals surface area (Å²) in [6.07, 6.45) is 0. The summed E-state index contributed by atoms with van der Waals surface area (Å²) in [5.74, 6) is -0.344. The Labute approximate surface area is 109 Å². The van der Waals surface area contributed by atoms with Gasteiger partial charge in [-0.1, -0.05) is 0 Å². The molecule has 0 saturated heterocycles. The van der Waals surface area contributed by atoms with E-state index in [4.69, 9.17) is 0 Å². The van der Waals surface area contributed by atoms with Crippen LogP contribution in [-0.2, 0) is 0 Å². The molecule has 0 aliphatic carbocycles. The van der Waals surface area contributed by atoms with Crippen molar-refractivity contribution in [3.63, 3.8) is 0 Å². The van der Waals surface area contributed by atoms with E-state index >= 15 is 0 Å². The molecule has 0 heterocycles. The number of hydrogen-bond acceptors (Lipinski definition) is 0. The van der Waals surface area contributed by atoms with Crippen molar-refractivity contribution in [1.29, 1.82) is 0 Å². The van der Waals surface area contributed by atoms with Crippen LogP contribution in [0.5, 0.6) is 0 Å². The van der Waals surface area contributed by atoms with Crippen molar-refractivity contribution in [2.24, 2.45) is 0 Å². The first kappa shape index (κ1) is 12.3. The molecule has 0 radical (unpaired) electrons. The van der Waals surface area contributed by atoms with E-state index in [-0.39, 0.29) is 45.7 Å². The van der Waals surface area contributed by atoms with Gasteiger partial charge in [0.25, 0.3) is 0 Å². The Morgan fingerprint density at radius 1 is 0.688 bits per heavy atom. The molecule has 2 aromatic rings. The molecule has 0 saturated carbocycles. The fourth-order valence-corrected chi connectivity index (χ4v) is 11.0. The Balaban J connectivity index is 2.02. The third kappa shape index (κ3) is 3.72. The van der Waals surface area contributed by atoms with Gasteiger partial charge in [0.15, 0.2) is 0 Å². The van der Waals surface area contributed by atoms with Crippen LogP contribution in [0.2, 0.25) is 0 Å². The molecule has 4 heteroatoms.